The Balaban J connectivity index is 1.24. The lowest BCUT2D eigenvalue weighted by molar-refractivity contribution is 0.627. The average Bonchev–Trinajstić information content (AvgIpc) is 3.86. The molecule has 53 heavy (non-hydrogen) atoms. The predicted octanol–water partition coefficient (Wildman–Crippen LogP) is 13.9. The molecule has 3 heterocycles. The van der Waals surface area contributed by atoms with Gasteiger partial charge in [-0.2, -0.15) is 0 Å². The number of thiophene rings is 1. The lowest BCUT2D eigenvalue weighted by Gasteiger charge is -2.27. The maximum atomic E-state index is 14.8. The molecule has 0 amide bonds. The number of aromatic nitrogens is 2. The molecule has 0 aliphatic heterocycles. The van der Waals surface area contributed by atoms with Crippen LogP contribution in [0.2, 0.25) is 0 Å². The number of fused-ring (bicyclic) bond motifs is 9. The molecule has 11 aromatic rings. The van der Waals surface area contributed by atoms with E-state index >= 15 is 0 Å². The highest BCUT2D eigenvalue weighted by molar-refractivity contribution is 7.25. The van der Waals surface area contributed by atoms with E-state index in [1.54, 1.807) is 12.1 Å². The van der Waals surface area contributed by atoms with Crippen molar-refractivity contribution in [2.75, 3.05) is 4.90 Å². The second kappa shape index (κ2) is 11.7. The highest BCUT2D eigenvalue weighted by Gasteiger charge is 2.23. The molecule has 11 rings (SSSR count). The third kappa shape index (κ3) is 4.57. The Kier molecular flexibility index (Phi) is 6.60. The molecule has 0 aliphatic rings. The van der Waals surface area contributed by atoms with Crippen LogP contribution in [-0.4, -0.2) is 9.13 Å². The zero-order valence-corrected chi connectivity index (χ0v) is 29.3. The minimum Gasteiger partial charge on any atom is -0.310 e. The molecule has 8 aromatic carbocycles. The molecular formula is C48H30FN3S. The first kappa shape index (κ1) is 30.0. The summed E-state index contributed by atoms with van der Waals surface area (Å²) in [6, 6.07) is 63.4. The van der Waals surface area contributed by atoms with Gasteiger partial charge < -0.3 is 14.0 Å². The monoisotopic (exact) mass is 699 g/mol. The van der Waals surface area contributed by atoms with Crippen molar-refractivity contribution in [3.63, 3.8) is 0 Å². The van der Waals surface area contributed by atoms with Gasteiger partial charge in [0.2, 0.25) is 0 Å². The fourth-order valence-electron chi connectivity index (χ4n) is 8.31. The average molecular weight is 700 g/mol. The fraction of sp³-hybridized carbons (Fsp3) is 0. The van der Waals surface area contributed by atoms with Gasteiger partial charge in [-0.25, -0.2) is 4.39 Å². The van der Waals surface area contributed by atoms with Crippen LogP contribution in [-0.2, 0) is 0 Å². The second-order valence-electron chi connectivity index (χ2n) is 13.5. The van der Waals surface area contributed by atoms with E-state index in [-0.39, 0.29) is 5.82 Å². The summed E-state index contributed by atoms with van der Waals surface area (Å²) in [5, 5.41) is 7.14. The van der Waals surface area contributed by atoms with Crippen LogP contribution in [0.15, 0.2) is 182 Å². The van der Waals surface area contributed by atoms with Gasteiger partial charge in [0.1, 0.15) is 5.82 Å². The molecule has 0 N–H and O–H groups in total. The number of anilines is 3. The van der Waals surface area contributed by atoms with Crippen LogP contribution >= 0.6 is 11.3 Å². The van der Waals surface area contributed by atoms with Crippen molar-refractivity contribution in [2.45, 2.75) is 0 Å². The SMILES string of the molecule is Fc1cccc(-n2c3ccccc3c3ccc(N(c4ccc5c(c4)sc4ccccc45)c4cccc5c4c4ccccc4n5-c4ccccc4)cc32)c1. The van der Waals surface area contributed by atoms with Crippen molar-refractivity contribution in [3.05, 3.63) is 188 Å². The largest absolute Gasteiger partial charge is 0.310 e. The second-order valence-corrected chi connectivity index (χ2v) is 14.6. The number of hydrogen-bond donors (Lipinski definition) is 0. The smallest absolute Gasteiger partial charge is 0.125 e. The molecule has 0 atom stereocenters. The van der Waals surface area contributed by atoms with Crippen molar-refractivity contribution in [3.8, 4) is 11.4 Å². The molecule has 3 nitrogen and oxygen atoms in total. The Morgan fingerprint density at radius 1 is 0.396 bits per heavy atom. The normalized spacial score (nSPS) is 11.9. The number of hydrogen-bond acceptors (Lipinski definition) is 2. The van der Waals surface area contributed by atoms with E-state index in [2.05, 4.69) is 166 Å². The predicted molar refractivity (Wildman–Crippen MR) is 223 cm³/mol. The zero-order valence-electron chi connectivity index (χ0n) is 28.4. The number of rotatable bonds is 5. The summed E-state index contributed by atoms with van der Waals surface area (Å²) in [6.45, 7) is 0. The molecule has 5 heteroatoms. The molecular weight excluding hydrogens is 670 g/mol. The molecule has 0 radical (unpaired) electrons. The number of nitrogens with zero attached hydrogens (tertiary/aromatic N) is 3. The lowest BCUT2D eigenvalue weighted by atomic mass is 10.1. The Labute approximate surface area is 308 Å². The molecule has 3 aromatic heterocycles. The summed E-state index contributed by atoms with van der Waals surface area (Å²) in [5.41, 5.74) is 9.43. The molecule has 0 bridgehead atoms. The van der Waals surface area contributed by atoms with Crippen LogP contribution < -0.4 is 4.90 Å². The van der Waals surface area contributed by atoms with Gasteiger partial charge >= 0.3 is 0 Å². The number of benzene rings is 8. The van der Waals surface area contributed by atoms with Crippen LogP contribution in [0.5, 0.6) is 0 Å². The molecule has 250 valence electrons. The molecule has 0 saturated heterocycles. The first-order chi connectivity index (χ1) is 26.2. The van der Waals surface area contributed by atoms with Gasteiger partial charge in [0.15, 0.2) is 0 Å². The van der Waals surface area contributed by atoms with E-state index in [9.17, 15) is 4.39 Å². The summed E-state index contributed by atoms with van der Waals surface area (Å²) < 4.78 is 21.9. The topological polar surface area (TPSA) is 13.1 Å². The lowest BCUT2D eigenvalue weighted by Crippen LogP contribution is -2.10. The maximum Gasteiger partial charge on any atom is 0.125 e. The first-order valence-corrected chi connectivity index (χ1v) is 18.6. The molecule has 0 spiro atoms. The Bertz CT molecular complexity index is 3210. The molecule has 0 aliphatic carbocycles. The first-order valence-electron chi connectivity index (χ1n) is 17.8. The Morgan fingerprint density at radius 2 is 0.981 bits per heavy atom. The van der Waals surface area contributed by atoms with E-state index in [4.69, 9.17) is 0 Å². The minimum absolute atomic E-state index is 0.260. The summed E-state index contributed by atoms with van der Waals surface area (Å²) in [6.07, 6.45) is 0. The zero-order chi connectivity index (χ0) is 35.0. The summed E-state index contributed by atoms with van der Waals surface area (Å²) in [4.78, 5) is 2.40. The molecule has 0 saturated carbocycles. The van der Waals surface area contributed by atoms with Gasteiger partial charge in [0.25, 0.3) is 0 Å². The van der Waals surface area contributed by atoms with E-state index in [0.29, 0.717) is 0 Å². The van der Waals surface area contributed by atoms with Crippen LogP contribution in [0.25, 0.3) is 75.2 Å². The Morgan fingerprint density at radius 3 is 1.81 bits per heavy atom. The standard InChI is InChI=1S/C48H30FN3S/c49-31-12-10-15-33(28-31)52-41-19-7-4-16-36(41)37-26-24-34(29-45(37)52)50(35-25-27-39-38-17-6-9-23-46(38)53-47(39)30-35)43-21-11-22-44-48(43)40-18-5-8-20-42(40)51(44)32-13-2-1-3-14-32/h1-30H. The third-order valence-corrected chi connectivity index (χ3v) is 11.7. The summed E-state index contributed by atoms with van der Waals surface area (Å²) >= 11 is 1.83. The van der Waals surface area contributed by atoms with Crippen LogP contribution in [0.3, 0.4) is 0 Å². The highest BCUT2D eigenvalue weighted by atomic mass is 32.1. The third-order valence-electron chi connectivity index (χ3n) is 10.5. The summed E-state index contributed by atoms with van der Waals surface area (Å²) in [7, 11) is 0. The van der Waals surface area contributed by atoms with E-state index < -0.39 is 0 Å². The van der Waals surface area contributed by atoms with Crippen LogP contribution in [0, 0.1) is 5.82 Å². The van der Waals surface area contributed by atoms with E-state index in [1.807, 2.05) is 23.5 Å². The van der Waals surface area contributed by atoms with Gasteiger partial charge in [-0.3, -0.25) is 0 Å². The summed E-state index contributed by atoms with van der Waals surface area (Å²) in [5.74, 6) is -0.260. The van der Waals surface area contributed by atoms with Crippen LogP contribution in [0.4, 0.5) is 21.5 Å². The van der Waals surface area contributed by atoms with E-state index in [1.165, 1.54) is 37.0 Å². The van der Waals surface area contributed by atoms with E-state index in [0.717, 1.165) is 61.3 Å². The van der Waals surface area contributed by atoms with Crippen molar-refractivity contribution < 1.29 is 4.39 Å². The molecule has 0 unspecified atom stereocenters. The van der Waals surface area contributed by atoms with Gasteiger partial charge in [0, 0.05) is 64.5 Å². The van der Waals surface area contributed by atoms with Gasteiger partial charge in [-0.15, -0.1) is 11.3 Å². The maximum absolute atomic E-state index is 14.8. The van der Waals surface area contributed by atoms with Gasteiger partial charge in [0.05, 0.1) is 27.8 Å². The highest BCUT2D eigenvalue weighted by Crippen LogP contribution is 2.47. The minimum atomic E-state index is -0.260. The molecule has 0 fully saturated rings. The van der Waals surface area contributed by atoms with Crippen molar-refractivity contribution in [1.29, 1.82) is 0 Å². The fourth-order valence-corrected chi connectivity index (χ4v) is 9.45. The van der Waals surface area contributed by atoms with Crippen LogP contribution in [0.1, 0.15) is 0 Å². The quantitative estimate of drug-likeness (QED) is 0.174. The van der Waals surface area contributed by atoms with Crippen molar-refractivity contribution in [1.82, 2.24) is 9.13 Å². The van der Waals surface area contributed by atoms with Gasteiger partial charge in [-0.1, -0.05) is 97.1 Å². The number of halogens is 1. The van der Waals surface area contributed by atoms with Gasteiger partial charge in [-0.05, 0) is 84.9 Å². The van der Waals surface area contributed by atoms with Crippen molar-refractivity contribution in [2.24, 2.45) is 0 Å². The Hall–Kier alpha value is -6.69. The number of para-hydroxylation sites is 3. The van der Waals surface area contributed by atoms with Crippen molar-refractivity contribution >= 4 is 92.2 Å².